The van der Waals surface area contributed by atoms with Crippen LogP contribution in [0.15, 0.2) is 48.5 Å². The number of anilines is 1. The summed E-state index contributed by atoms with van der Waals surface area (Å²) in [5.74, 6) is -0.775. The maximum Gasteiger partial charge on any atom is 0.387 e. The molecule has 0 saturated carbocycles. The number of carbonyl (C=O) groups excluding carboxylic acids is 2. The molecule has 0 radical (unpaired) electrons. The molecule has 34 heavy (non-hydrogen) atoms. The largest absolute Gasteiger partial charge is 0.434 e. The lowest BCUT2D eigenvalue weighted by Gasteiger charge is -2.38. The van der Waals surface area contributed by atoms with Crippen LogP contribution in [0.25, 0.3) is 0 Å². The Morgan fingerprint density at radius 3 is 2.12 bits per heavy atom. The van der Waals surface area contributed by atoms with E-state index in [0.29, 0.717) is 58.0 Å². The highest BCUT2D eigenvalue weighted by molar-refractivity contribution is 5.97. The lowest BCUT2D eigenvalue weighted by Crippen LogP contribution is -2.54. The maximum absolute atomic E-state index is 14.0. The molecular weight excluding hydrogens is 449 g/mol. The zero-order valence-electron chi connectivity index (χ0n) is 18.7. The summed E-state index contributed by atoms with van der Waals surface area (Å²) in [5.41, 5.74) is 0.649. The Balaban J connectivity index is 1.25. The van der Waals surface area contributed by atoms with Crippen molar-refractivity contribution in [2.24, 2.45) is 0 Å². The van der Waals surface area contributed by atoms with E-state index in [0.717, 1.165) is 0 Å². The van der Waals surface area contributed by atoms with Crippen molar-refractivity contribution in [1.29, 1.82) is 0 Å². The Hall–Kier alpha value is -3.27. The first-order valence-corrected chi connectivity index (χ1v) is 11.2. The number of carbonyl (C=O) groups is 2. The number of alkyl halides is 2. The van der Waals surface area contributed by atoms with Crippen molar-refractivity contribution < 1.29 is 27.5 Å². The van der Waals surface area contributed by atoms with E-state index in [-0.39, 0.29) is 35.5 Å². The third kappa shape index (κ3) is 5.61. The van der Waals surface area contributed by atoms with Gasteiger partial charge in [-0.25, -0.2) is 4.39 Å². The van der Waals surface area contributed by atoms with Gasteiger partial charge in [-0.3, -0.25) is 14.5 Å². The van der Waals surface area contributed by atoms with E-state index in [9.17, 15) is 22.8 Å². The molecule has 2 heterocycles. The molecule has 0 unspecified atom stereocenters. The van der Waals surface area contributed by atoms with Gasteiger partial charge in [0.05, 0.1) is 17.8 Å². The van der Waals surface area contributed by atoms with Gasteiger partial charge in [0.2, 0.25) is 5.91 Å². The number of nitrogens with zero attached hydrogens (tertiary/aromatic N) is 4. The first-order chi connectivity index (χ1) is 16.4. The Labute approximate surface area is 196 Å². The summed E-state index contributed by atoms with van der Waals surface area (Å²) < 4.78 is 43.8. The SMILES string of the molecule is O=C(CN1CCN(C(=O)c2ccccc2OC(F)F)CC1)N1CCN(c2ccccc2F)CC1. The molecule has 182 valence electrons. The molecule has 2 fully saturated rings. The number of ether oxygens (including phenoxy) is 1. The second kappa shape index (κ2) is 10.8. The van der Waals surface area contributed by atoms with Gasteiger partial charge in [-0.05, 0) is 24.3 Å². The van der Waals surface area contributed by atoms with Gasteiger partial charge in [-0.2, -0.15) is 8.78 Å². The van der Waals surface area contributed by atoms with E-state index in [1.54, 1.807) is 34.1 Å². The quantitative estimate of drug-likeness (QED) is 0.642. The zero-order chi connectivity index (χ0) is 24.1. The van der Waals surface area contributed by atoms with E-state index in [2.05, 4.69) is 4.74 Å². The first-order valence-electron chi connectivity index (χ1n) is 11.2. The lowest BCUT2D eigenvalue weighted by molar-refractivity contribution is -0.133. The normalized spacial score (nSPS) is 17.2. The summed E-state index contributed by atoms with van der Waals surface area (Å²) in [6.07, 6.45) is 0. The van der Waals surface area contributed by atoms with Crippen LogP contribution in [0.4, 0.5) is 18.9 Å². The predicted octanol–water partition coefficient (Wildman–Crippen LogP) is 2.53. The highest BCUT2D eigenvalue weighted by Crippen LogP contribution is 2.23. The van der Waals surface area contributed by atoms with E-state index in [1.165, 1.54) is 24.3 Å². The van der Waals surface area contributed by atoms with Crippen LogP contribution in [0.1, 0.15) is 10.4 Å². The average Bonchev–Trinajstić information content (AvgIpc) is 2.84. The van der Waals surface area contributed by atoms with Crippen molar-refractivity contribution in [2.75, 3.05) is 63.8 Å². The van der Waals surface area contributed by atoms with Gasteiger partial charge in [-0.15, -0.1) is 0 Å². The minimum atomic E-state index is -3.01. The summed E-state index contributed by atoms with van der Waals surface area (Å²) in [4.78, 5) is 32.9. The van der Waals surface area contributed by atoms with Crippen LogP contribution in [0.2, 0.25) is 0 Å². The Morgan fingerprint density at radius 1 is 0.824 bits per heavy atom. The molecule has 0 atom stereocenters. The number of para-hydroxylation sites is 2. The second-order valence-electron chi connectivity index (χ2n) is 8.26. The Bertz CT molecular complexity index is 1010. The van der Waals surface area contributed by atoms with Crippen molar-refractivity contribution >= 4 is 17.5 Å². The molecule has 7 nitrogen and oxygen atoms in total. The molecule has 0 bridgehead atoms. The van der Waals surface area contributed by atoms with Crippen LogP contribution < -0.4 is 9.64 Å². The summed E-state index contributed by atoms with van der Waals surface area (Å²) >= 11 is 0. The molecule has 2 saturated heterocycles. The van der Waals surface area contributed by atoms with E-state index < -0.39 is 6.61 Å². The number of amides is 2. The molecule has 2 amide bonds. The van der Waals surface area contributed by atoms with Crippen LogP contribution in [0.5, 0.6) is 5.75 Å². The second-order valence-corrected chi connectivity index (χ2v) is 8.26. The number of halogens is 3. The van der Waals surface area contributed by atoms with Crippen LogP contribution in [0, 0.1) is 5.82 Å². The Morgan fingerprint density at radius 2 is 1.44 bits per heavy atom. The molecule has 0 aliphatic carbocycles. The minimum Gasteiger partial charge on any atom is -0.434 e. The van der Waals surface area contributed by atoms with Crippen molar-refractivity contribution in [3.63, 3.8) is 0 Å². The Kier molecular flexibility index (Phi) is 7.56. The zero-order valence-corrected chi connectivity index (χ0v) is 18.7. The van der Waals surface area contributed by atoms with Gasteiger partial charge >= 0.3 is 6.61 Å². The molecule has 2 aliphatic heterocycles. The standard InChI is InChI=1S/C24H27F3N4O3/c25-19-6-2-3-7-20(19)29-13-15-30(16-14-29)22(32)17-28-9-11-31(12-10-28)23(33)18-5-1-4-8-21(18)34-24(26)27/h1-8,24H,9-17H2. The summed E-state index contributed by atoms with van der Waals surface area (Å²) in [6, 6.07) is 12.6. The van der Waals surface area contributed by atoms with Gasteiger partial charge in [0, 0.05) is 52.4 Å². The fourth-order valence-corrected chi connectivity index (χ4v) is 4.32. The third-order valence-electron chi connectivity index (χ3n) is 6.18. The van der Waals surface area contributed by atoms with Crippen molar-refractivity contribution in [1.82, 2.24) is 14.7 Å². The summed E-state index contributed by atoms with van der Waals surface area (Å²) in [5, 5.41) is 0. The number of benzene rings is 2. The molecule has 2 aromatic rings. The highest BCUT2D eigenvalue weighted by atomic mass is 19.3. The average molecular weight is 476 g/mol. The monoisotopic (exact) mass is 476 g/mol. The maximum atomic E-state index is 14.0. The fourth-order valence-electron chi connectivity index (χ4n) is 4.32. The minimum absolute atomic E-state index is 0.00337. The van der Waals surface area contributed by atoms with Gasteiger partial charge in [-0.1, -0.05) is 24.3 Å². The van der Waals surface area contributed by atoms with E-state index in [1.807, 2.05) is 9.80 Å². The van der Waals surface area contributed by atoms with Gasteiger partial charge in [0.1, 0.15) is 11.6 Å². The van der Waals surface area contributed by atoms with E-state index in [4.69, 9.17) is 0 Å². The van der Waals surface area contributed by atoms with Gasteiger partial charge < -0.3 is 19.4 Å². The first kappa shape index (κ1) is 23.9. The molecule has 0 spiro atoms. The van der Waals surface area contributed by atoms with E-state index >= 15 is 0 Å². The highest BCUT2D eigenvalue weighted by Gasteiger charge is 2.28. The number of hydrogen-bond donors (Lipinski definition) is 0. The number of piperazine rings is 2. The molecule has 0 aromatic heterocycles. The van der Waals surface area contributed by atoms with Crippen LogP contribution in [-0.2, 0) is 4.79 Å². The smallest absolute Gasteiger partial charge is 0.387 e. The molecule has 2 aromatic carbocycles. The molecule has 2 aliphatic rings. The molecular formula is C24H27F3N4O3. The molecule has 0 N–H and O–H groups in total. The molecule has 10 heteroatoms. The summed E-state index contributed by atoms with van der Waals surface area (Å²) in [6.45, 7) is 1.18. The van der Waals surface area contributed by atoms with Gasteiger partial charge in [0.25, 0.3) is 5.91 Å². The lowest BCUT2D eigenvalue weighted by atomic mass is 10.1. The van der Waals surface area contributed by atoms with Crippen molar-refractivity contribution in [3.8, 4) is 5.75 Å². The predicted molar refractivity (Wildman–Crippen MR) is 121 cm³/mol. The van der Waals surface area contributed by atoms with Gasteiger partial charge in [0.15, 0.2) is 0 Å². The molecule has 4 rings (SSSR count). The fraction of sp³-hybridized carbons (Fsp3) is 0.417. The topological polar surface area (TPSA) is 56.3 Å². The van der Waals surface area contributed by atoms with Crippen LogP contribution in [-0.4, -0.2) is 92.0 Å². The van der Waals surface area contributed by atoms with Crippen molar-refractivity contribution in [3.05, 3.63) is 59.9 Å². The summed E-state index contributed by atoms with van der Waals surface area (Å²) in [7, 11) is 0. The third-order valence-corrected chi connectivity index (χ3v) is 6.18. The number of hydrogen-bond acceptors (Lipinski definition) is 5. The van der Waals surface area contributed by atoms with Crippen molar-refractivity contribution in [2.45, 2.75) is 6.61 Å². The number of rotatable bonds is 6. The van der Waals surface area contributed by atoms with Crippen LogP contribution in [0.3, 0.4) is 0 Å². The van der Waals surface area contributed by atoms with Crippen LogP contribution >= 0.6 is 0 Å².